The van der Waals surface area contributed by atoms with Gasteiger partial charge in [0.25, 0.3) is 0 Å². The molecule has 5 heteroatoms. The summed E-state index contributed by atoms with van der Waals surface area (Å²) in [5, 5.41) is 9.94. The van der Waals surface area contributed by atoms with E-state index in [1.54, 1.807) is 11.3 Å². The molecular formula is C23H21IN2OS. The predicted octanol–water partition coefficient (Wildman–Crippen LogP) is 6.08. The van der Waals surface area contributed by atoms with Gasteiger partial charge in [0, 0.05) is 21.3 Å². The Bertz CT molecular complexity index is 1020. The van der Waals surface area contributed by atoms with Crippen molar-refractivity contribution in [1.82, 2.24) is 4.98 Å². The highest BCUT2D eigenvalue weighted by Crippen LogP contribution is 2.36. The molecule has 1 aromatic heterocycles. The van der Waals surface area contributed by atoms with Crippen LogP contribution in [0.4, 0.5) is 0 Å². The van der Waals surface area contributed by atoms with Gasteiger partial charge in [0.2, 0.25) is 0 Å². The maximum absolute atomic E-state index is 8.94. The largest absolute Gasteiger partial charge is 0.493 e. The number of halogens is 1. The lowest BCUT2D eigenvalue weighted by molar-refractivity contribution is 0.320. The van der Waals surface area contributed by atoms with E-state index in [0.717, 1.165) is 28.4 Å². The smallest absolute Gasteiger partial charge is 0.123 e. The fourth-order valence-electron chi connectivity index (χ4n) is 3.67. The average Bonchev–Trinajstić information content (AvgIpc) is 3.31. The molecule has 4 rings (SSSR count). The highest BCUT2D eigenvalue weighted by molar-refractivity contribution is 14.1. The normalized spacial score (nSPS) is 15.2. The maximum Gasteiger partial charge on any atom is 0.123 e. The van der Waals surface area contributed by atoms with Crippen molar-refractivity contribution in [1.29, 1.82) is 5.26 Å². The summed E-state index contributed by atoms with van der Waals surface area (Å²) < 4.78 is 7.22. The van der Waals surface area contributed by atoms with Crippen LogP contribution in [0.1, 0.15) is 39.6 Å². The molecule has 0 radical (unpaired) electrons. The van der Waals surface area contributed by atoms with Crippen molar-refractivity contribution in [3.63, 3.8) is 0 Å². The third kappa shape index (κ3) is 4.08. The van der Waals surface area contributed by atoms with E-state index in [4.69, 9.17) is 15.0 Å². The summed E-state index contributed by atoms with van der Waals surface area (Å²) in [6, 6.07) is 16.3. The Balaban J connectivity index is 1.39. The number of nitriles is 1. The van der Waals surface area contributed by atoms with Crippen LogP contribution in [-0.4, -0.2) is 16.0 Å². The van der Waals surface area contributed by atoms with Gasteiger partial charge in [0.15, 0.2) is 0 Å². The molecule has 142 valence electrons. The van der Waals surface area contributed by atoms with Gasteiger partial charge in [0.1, 0.15) is 10.8 Å². The second-order valence-electron chi connectivity index (χ2n) is 7.06. The number of hydrogen-bond donors (Lipinski definition) is 0. The van der Waals surface area contributed by atoms with E-state index in [2.05, 4.69) is 53.8 Å². The van der Waals surface area contributed by atoms with Gasteiger partial charge in [-0.15, -0.1) is 11.3 Å². The van der Waals surface area contributed by atoms with Crippen molar-refractivity contribution in [2.75, 3.05) is 11.0 Å². The zero-order chi connectivity index (χ0) is 19.5. The number of hydrogen-bond acceptors (Lipinski definition) is 4. The van der Waals surface area contributed by atoms with Crippen LogP contribution in [0, 0.1) is 18.3 Å². The first-order chi connectivity index (χ1) is 13.7. The standard InChI is InChI=1S/C23H21IN2OS/c1-15-22(26-23(28-15)17-4-2-16(14-25)3-5-17)10-11-27-20-8-9-21-18(12-20)6-7-19(21)13-24/h2-5,8-9,12,19H,6-7,10-11,13H2,1H3/t19-/m0/s1. The molecular weight excluding hydrogens is 479 g/mol. The minimum atomic E-state index is 0.631. The van der Waals surface area contributed by atoms with E-state index < -0.39 is 0 Å². The van der Waals surface area contributed by atoms with Crippen molar-refractivity contribution < 1.29 is 4.74 Å². The number of benzene rings is 2. The highest BCUT2D eigenvalue weighted by Gasteiger charge is 2.21. The quantitative estimate of drug-likeness (QED) is 0.305. The molecule has 2 aromatic carbocycles. The van der Waals surface area contributed by atoms with Crippen LogP contribution in [0.15, 0.2) is 42.5 Å². The van der Waals surface area contributed by atoms with Gasteiger partial charge in [-0.3, -0.25) is 0 Å². The zero-order valence-electron chi connectivity index (χ0n) is 15.7. The monoisotopic (exact) mass is 500 g/mol. The van der Waals surface area contributed by atoms with E-state index in [1.807, 2.05) is 24.3 Å². The van der Waals surface area contributed by atoms with Crippen LogP contribution >= 0.6 is 33.9 Å². The van der Waals surface area contributed by atoms with E-state index >= 15 is 0 Å². The molecule has 0 bridgehead atoms. The summed E-state index contributed by atoms with van der Waals surface area (Å²) in [7, 11) is 0. The number of ether oxygens (including phenoxy) is 1. The molecule has 1 aliphatic rings. The molecule has 0 N–H and O–H groups in total. The predicted molar refractivity (Wildman–Crippen MR) is 123 cm³/mol. The number of fused-ring (bicyclic) bond motifs is 1. The number of rotatable bonds is 6. The van der Waals surface area contributed by atoms with Crippen LogP contribution in [-0.2, 0) is 12.8 Å². The second-order valence-corrected chi connectivity index (χ2v) is 9.14. The molecule has 0 fully saturated rings. The molecule has 3 aromatic rings. The second kappa shape index (κ2) is 8.62. The van der Waals surface area contributed by atoms with Crippen LogP contribution in [0.5, 0.6) is 5.75 Å². The molecule has 0 saturated carbocycles. The van der Waals surface area contributed by atoms with Gasteiger partial charge in [-0.1, -0.05) is 40.8 Å². The van der Waals surface area contributed by atoms with E-state index in [9.17, 15) is 0 Å². The molecule has 3 nitrogen and oxygen atoms in total. The number of nitrogens with zero attached hydrogens (tertiary/aromatic N) is 2. The SMILES string of the molecule is Cc1sc(-c2ccc(C#N)cc2)nc1CCOc1ccc2c(c1)CC[C@H]2CI. The van der Waals surface area contributed by atoms with Crippen molar-refractivity contribution in [3.05, 3.63) is 69.7 Å². The van der Waals surface area contributed by atoms with E-state index in [0.29, 0.717) is 18.1 Å². The molecule has 0 aliphatic heterocycles. The first-order valence-corrected chi connectivity index (χ1v) is 11.8. The molecule has 1 aliphatic carbocycles. The van der Waals surface area contributed by atoms with Gasteiger partial charge >= 0.3 is 0 Å². The fourth-order valence-corrected chi connectivity index (χ4v) is 5.55. The van der Waals surface area contributed by atoms with Crippen molar-refractivity contribution in [2.45, 2.75) is 32.1 Å². The van der Waals surface area contributed by atoms with E-state index in [-0.39, 0.29) is 0 Å². The third-order valence-corrected chi connectivity index (χ3v) is 7.39. The Hall–Kier alpha value is -1.91. The summed E-state index contributed by atoms with van der Waals surface area (Å²) in [5.41, 5.74) is 5.78. The van der Waals surface area contributed by atoms with Gasteiger partial charge in [-0.25, -0.2) is 4.98 Å². The molecule has 28 heavy (non-hydrogen) atoms. The lowest BCUT2D eigenvalue weighted by Gasteiger charge is -2.10. The fraction of sp³-hybridized carbons (Fsp3) is 0.304. The summed E-state index contributed by atoms with van der Waals surface area (Å²) in [5.74, 6) is 1.68. The number of alkyl halides is 1. The Morgan fingerprint density at radius 3 is 2.82 bits per heavy atom. The highest BCUT2D eigenvalue weighted by atomic mass is 127. The minimum absolute atomic E-state index is 0.631. The molecule has 1 atom stereocenters. The van der Waals surface area contributed by atoms with Crippen molar-refractivity contribution in [2.24, 2.45) is 0 Å². The summed E-state index contributed by atoms with van der Waals surface area (Å²) >= 11 is 4.18. The summed E-state index contributed by atoms with van der Waals surface area (Å²) in [6.07, 6.45) is 3.23. The lowest BCUT2D eigenvalue weighted by atomic mass is 10.0. The maximum atomic E-state index is 8.94. The van der Waals surface area contributed by atoms with Crippen LogP contribution in [0.2, 0.25) is 0 Å². The number of aryl methyl sites for hydroxylation is 2. The number of aromatic nitrogens is 1. The van der Waals surface area contributed by atoms with Crippen LogP contribution in [0.25, 0.3) is 10.6 Å². The Morgan fingerprint density at radius 2 is 2.07 bits per heavy atom. The molecule has 0 unspecified atom stereocenters. The lowest BCUT2D eigenvalue weighted by Crippen LogP contribution is -2.03. The number of thiazole rings is 1. The minimum Gasteiger partial charge on any atom is -0.493 e. The average molecular weight is 500 g/mol. The van der Waals surface area contributed by atoms with Gasteiger partial charge in [-0.2, -0.15) is 5.26 Å². The van der Waals surface area contributed by atoms with Crippen molar-refractivity contribution in [3.8, 4) is 22.4 Å². The van der Waals surface area contributed by atoms with Gasteiger partial charge in [-0.05, 0) is 61.1 Å². The van der Waals surface area contributed by atoms with Crippen LogP contribution in [0.3, 0.4) is 0 Å². The van der Waals surface area contributed by atoms with Crippen molar-refractivity contribution >= 4 is 33.9 Å². The topological polar surface area (TPSA) is 45.9 Å². The summed E-state index contributed by atoms with van der Waals surface area (Å²) in [6.45, 7) is 2.74. The summed E-state index contributed by atoms with van der Waals surface area (Å²) in [4.78, 5) is 6.02. The molecule has 0 spiro atoms. The molecule has 0 amide bonds. The van der Waals surface area contributed by atoms with Gasteiger partial charge in [0.05, 0.1) is 23.9 Å². The van der Waals surface area contributed by atoms with Gasteiger partial charge < -0.3 is 4.74 Å². The molecule has 1 heterocycles. The zero-order valence-corrected chi connectivity index (χ0v) is 18.7. The van der Waals surface area contributed by atoms with E-state index in [1.165, 1.54) is 33.3 Å². The first-order valence-electron chi connectivity index (χ1n) is 9.46. The Morgan fingerprint density at radius 1 is 1.25 bits per heavy atom. The molecule has 0 saturated heterocycles. The Kier molecular flexibility index (Phi) is 5.98. The first kappa shape index (κ1) is 19.4. The third-order valence-electron chi connectivity index (χ3n) is 5.26. The van der Waals surface area contributed by atoms with Crippen LogP contribution < -0.4 is 4.74 Å². The Labute approximate surface area is 183 Å².